The largest absolute Gasteiger partial charge is 0.383 e. The zero-order valence-corrected chi connectivity index (χ0v) is 17.5. The van der Waals surface area contributed by atoms with Crippen LogP contribution in [0.3, 0.4) is 0 Å². The molecule has 158 valence electrons. The maximum Gasteiger partial charge on any atom is 0.323 e. The lowest BCUT2D eigenvalue weighted by molar-refractivity contribution is 0.262. The summed E-state index contributed by atoms with van der Waals surface area (Å²) in [5.74, 6) is 0.155. The minimum atomic E-state index is -3.68. The van der Waals surface area contributed by atoms with E-state index in [1.807, 2.05) is 6.92 Å². The Morgan fingerprint density at radius 2 is 1.55 bits per heavy atom. The number of nitrogens with one attached hydrogen (secondary N) is 2. The highest BCUT2D eigenvalue weighted by molar-refractivity contribution is 7.87. The van der Waals surface area contributed by atoms with Crippen molar-refractivity contribution in [1.29, 1.82) is 0 Å². The number of carbonyl (C=O) groups excluding carboxylic acids is 1. The number of anilines is 2. The molecule has 0 saturated heterocycles. The normalized spacial score (nSPS) is 11.5. The van der Waals surface area contributed by atoms with Crippen LogP contribution in [0.2, 0.25) is 0 Å². The van der Waals surface area contributed by atoms with Gasteiger partial charge < -0.3 is 19.0 Å². The molecule has 2 aromatic carbocycles. The third kappa shape index (κ3) is 8.40. The Balaban J connectivity index is 1.95. The summed E-state index contributed by atoms with van der Waals surface area (Å²) in [6.45, 7) is 1.88. The van der Waals surface area contributed by atoms with Crippen molar-refractivity contribution < 1.29 is 30.0 Å². The summed E-state index contributed by atoms with van der Waals surface area (Å²) in [5, 5.41) is 5.11. The standard InChI is InChI=1S/C18H22N2O7S2/c1-3-4-12-29(24,25)27-16-10-8-14(9-11-16)19-18(21)20-15-6-5-7-17(13-15)26-28(2,22)23/h5-11,13H,3-4,12H2,1-2H3,(H2,19,20,21). The van der Waals surface area contributed by atoms with Crippen LogP contribution in [0.25, 0.3) is 0 Å². The minimum absolute atomic E-state index is 0.0615. The molecule has 9 nitrogen and oxygen atoms in total. The number of unbranched alkanes of at least 4 members (excludes halogenated alkanes) is 1. The van der Waals surface area contributed by atoms with Crippen molar-refractivity contribution in [3.63, 3.8) is 0 Å². The first kappa shape index (κ1) is 22.5. The summed E-state index contributed by atoms with van der Waals surface area (Å²) in [5.41, 5.74) is 0.731. The van der Waals surface area contributed by atoms with Crippen molar-refractivity contribution in [2.45, 2.75) is 19.8 Å². The molecule has 2 aromatic rings. The van der Waals surface area contributed by atoms with Gasteiger partial charge in [-0.25, -0.2) is 4.79 Å². The van der Waals surface area contributed by atoms with Crippen LogP contribution in [0.15, 0.2) is 48.5 Å². The molecule has 29 heavy (non-hydrogen) atoms. The van der Waals surface area contributed by atoms with E-state index in [1.165, 1.54) is 42.5 Å². The predicted octanol–water partition coefficient (Wildman–Crippen LogP) is 3.18. The summed E-state index contributed by atoms with van der Waals surface area (Å²) in [7, 11) is -7.32. The fraction of sp³-hybridized carbons (Fsp3) is 0.278. The summed E-state index contributed by atoms with van der Waals surface area (Å²) in [6.07, 6.45) is 2.17. The highest BCUT2D eigenvalue weighted by atomic mass is 32.2. The Morgan fingerprint density at radius 3 is 2.17 bits per heavy atom. The molecule has 2 amide bonds. The number of carbonyl (C=O) groups is 1. The Bertz CT molecular complexity index is 1050. The van der Waals surface area contributed by atoms with E-state index < -0.39 is 26.3 Å². The molecule has 2 N–H and O–H groups in total. The zero-order chi connectivity index (χ0) is 21.5. The molecular formula is C18H22N2O7S2. The topological polar surface area (TPSA) is 128 Å². The van der Waals surface area contributed by atoms with Gasteiger partial charge in [0.15, 0.2) is 0 Å². The second-order valence-corrected chi connectivity index (χ2v) is 9.38. The van der Waals surface area contributed by atoms with Crippen LogP contribution in [0.4, 0.5) is 16.2 Å². The summed E-state index contributed by atoms with van der Waals surface area (Å²) in [6, 6.07) is 11.2. The van der Waals surface area contributed by atoms with E-state index in [0.717, 1.165) is 12.7 Å². The molecule has 0 fully saturated rings. The number of amides is 2. The number of rotatable bonds is 9. The van der Waals surface area contributed by atoms with Crippen LogP contribution in [0.5, 0.6) is 11.5 Å². The van der Waals surface area contributed by atoms with Gasteiger partial charge in [-0.15, -0.1) is 0 Å². The van der Waals surface area contributed by atoms with Gasteiger partial charge in [0.2, 0.25) is 0 Å². The monoisotopic (exact) mass is 442 g/mol. The van der Waals surface area contributed by atoms with Crippen molar-refractivity contribution in [1.82, 2.24) is 0 Å². The van der Waals surface area contributed by atoms with Crippen LogP contribution in [0.1, 0.15) is 19.8 Å². The lowest BCUT2D eigenvalue weighted by Crippen LogP contribution is -2.19. The van der Waals surface area contributed by atoms with Crippen LogP contribution in [0, 0.1) is 0 Å². The van der Waals surface area contributed by atoms with E-state index in [4.69, 9.17) is 8.37 Å². The summed E-state index contributed by atoms with van der Waals surface area (Å²) >= 11 is 0. The first-order chi connectivity index (χ1) is 13.6. The second kappa shape index (κ2) is 9.61. The Morgan fingerprint density at radius 1 is 0.897 bits per heavy atom. The molecule has 0 aromatic heterocycles. The van der Waals surface area contributed by atoms with Gasteiger partial charge in [-0.1, -0.05) is 19.4 Å². The SMILES string of the molecule is CCCCS(=O)(=O)Oc1ccc(NC(=O)Nc2cccc(OS(C)(=O)=O)c2)cc1. The van der Waals surface area contributed by atoms with Crippen molar-refractivity contribution in [3.05, 3.63) is 48.5 Å². The van der Waals surface area contributed by atoms with Crippen molar-refractivity contribution >= 4 is 37.6 Å². The van der Waals surface area contributed by atoms with Gasteiger partial charge in [0.1, 0.15) is 11.5 Å². The van der Waals surface area contributed by atoms with Crippen LogP contribution in [-0.4, -0.2) is 34.9 Å². The molecule has 0 bridgehead atoms. The number of hydrogen-bond acceptors (Lipinski definition) is 7. The van der Waals surface area contributed by atoms with Gasteiger partial charge in [-0.3, -0.25) is 0 Å². The quantitative estimate of drug-likeness (QED) is 0.571. The van der Waals surface area contributed by atoms with E-state index in [1.54, 1.807) is 6.07 Å². The van der Waals surface area contributed by atoms with Gasteiger partial charge in [0.25, 0.3) is 0 Å². The molecule has 0 atom stereocenters. The number of urea groups is 1. The van der Waals surface area contributed by atoms with E-state index >= 15 is 0 Å². The lowest BCUT2D eigenvalue weighted by Gasteiger charge is -2.10. The third-order valence-corrected chi connectivity index (χ3v) is 5.15. The minimum Gasteiger partial charge on any atom is -0.383 e. The number of benzene rings is 2. The lowest BCUT2D eigenvalue weighted by atomic mass is 10.3. The maximum absolute atomic E-state index is 12.1. The van der Waals surface area contributed by atoms with Crippen molar-refractivity contribution in [2.75, 3.05) is 22.6 Å². The molecule has 0 radical (unpaired) electrons. The van der Waals surface area contributed by atoms with E-state index in [2.05, 4.69) is 10.6 Å². The van der Waals surface area contributed by atoms with Crippen molar-refractivity contribution in [3.8, 4) is 11.5 Å². The number of hydrogen-bond donors (Lipinski definition) is 2. The molecule has 0 aliphatic carbocycles. The molecule has 0 aliphatic rings. The first-order valence-electron chi connectivity index (χ1n) is 8.66. The van der Waals surface area contributed by atoms with E-state index in [0.29, 0.717) is 17.8 Å². The average molecular weight is 443 g/mol. The highest BCUT2D eigenvalue weighted by Gasteiger charge is 2.12. The van der Waals surface area contributed by atoms with Gasteiger partial charge >= 0.3 is 26.3 Å². The molecule has 0 spiro atoms. The zero-order valence-electron chi connectivity index (χ0n) is 15.9. The van der Waals surface area contributed by atoms with E-state index in [-0.39, 0.29) is 17.3 Å². The van der Waals surface area contributed by atoms with Crippen LogP contribution < -0.4 is 19.0 Å². The molecule has 0 saturated carbocycles. The van der Waals surface area contributed by atoms with Crippen LogP contribution in [-0.2, 0) is 20.2 Å². The molecular weight excluding hydrogens is 420 g/mol. The van der Waals surface area contributed by atoms with Crippen LogP contribution >= 0.6 is 0 Å². The van der Waals surface area contributed by atoms with Gasteiger partial charge in [-0.2, -0.15) is 16.8 Å². The van der Waals surface area contributed by atoms with Gasteiger partial charge in [0.05, 0.1) is 12.0 Å². The Hall–Kier alpha value is -2.79. The predicted molar refractivity (Wildman–Crippen MR) is 110 cm³/mol. The second-order valence-electron chi connectivity index (χ2n) is 6.12. The molecule has 0 heterocycles. The van der Waals surface area contributed by atoms with Gasteiger partial charge in [0, 0.05) is 17.4 Å². The third-order valence-electron chi connectivity index (χ3n) is 3.42. The smallest absolute Gasteiger partial charge is 0.323 e. The van der Waals surface area contributed by atoms with Gasteiger partial charge in [-0.05, 0) is 42.8 Å². The summed E-state index contributed by atoms with van der Waals surface area (Å²) < 4.78 is 55.7. The average Bonchev–Trinajstić information content (AvgIpc) is 2.60. The first-order valence-corrected chi connectivity index (χ1v) is 12.1. The fourth-order valence-corrected chi connectivity index (χ4v) is 3.78. The van der Waals surface area contributed by atoms with E-state index in [9.17, 15) is 21.6 Å². The molecule has 0 unspecified atom stereocenters. The molecule has 0 aliphatic heterocycles. The molecule has 11 heteroatoms. The summed E-state index contributed by atoms with van der Waals surface area (Å²) in [4.78, 5) is 12.1. The Labute approximate surface area is 170 Å². The maximum atomic E-state index is 12.1. The Kier molecular flexibility index (Phi) is 7.46. The highest BCUT2D eigenvalue weighted by Crippen LogP contribution is 2.20. The fourth-order valence-electron chi connectivity index (χ4n) is 2.20. The molecule has 2 rings (SSSR count). The van der Waals surface area contributed by atoms with Crippen molar-refractivity contribution in [2.24, 2.45) is 0 Å².